The monoisotopic (exact) mass is 1680 g/mol. The molecule has 11 rings (SSSR count). The summed E-state index contributed by atoms with van der Waals surface area (Å²) in [4.78, 5) is 42.7. The van der Waals surface area contributed by atoms with E-state index in [1.165, 1.54) is 83.0 Å². The Kier molecular flexibility index (Phi) is 34.3. The number of hydrogen-bond donors (Lipinski definition) is 3. The van der Waals surface area contributed by atoms with Gasteiger partial charge in [-0.3, -0.25) is 29.3 Å². The first-order valence-corrected chi connectivity index (χ1v) is 26.2. The van der Waals surface area contributed by atoms with Gasteiger partial charge in [0.15, 0.2) is 30.1 Å². The van der Waals surface area contributed by atoms with Crippen LogP contribution < -0.4 is 9.30 Å². The van der Waals surface area contributed by atoms with Crippen molar-refractivity contribution in [1.29, 1.82) is 0 Å². The molecule has 10 aromatic rings. The smallest absolute Gasteiger partial charge is 0.213 e. The van der Waals surface area contributed by atoms with Gasteiger partial charge in [0.25, 0.3) is 0 Å². The molecule has 0 bridgehead atoms. The number of unbranched alkanes of at least 4 members (excludes halogenated alkanes) is 1. The first-order valence-electron chi connectivity index (χ1n) is 26.2. The summed E-state index contributed by atoms with van der Waals surface area (Å²) in [5.74, 6) is 3.41. The number of allylic oxidation sites excluding steroid dienone is 6. The molecular weight excluding hydrogens is 1610 g/mol. The van der Waals surface area contributed by atoms with Crippen molar-refractivity contribution in [2.45, 2.75) is 67.9 Å². The number of para-hydroxylation sites is 2. The number of pyridine rings is 1. The summed E-state index contributed by atoms with van der Waals surface area (Å²) in [5.41, 5.74) is 9.33. The molecule has 4 aromatic heterocycles. The molecule has 1 aliphatic rings. The molecular formula is C68H66Ir3N4O10-2. The molecule has 0 saturated heterocycles. The first-order chi connectivity index (χ1) is 39.6. The summed E-state index contributed by atoms with van der Waals surface area (Å²) in [6.45, 7) is 12.5. The van der Waals surface area contributed by atoms with Gasteiger partial charge in [-0.2, -0.15) is 4.57 Å². The van der Waals surface area contributed by atoms with E-state index in [0.29, 0.717) is 17.7 Å². The second-order valence-corrected chi connectivity index (χ2v) is 18.0. The zero-order chi connectivity index (χ0) is 59.1. The van der Waals surface area contributed by atoms with E-state index in [1.807, 2.05) is 127 Å². The van der Waals surface area contributed by atoms with E-state index >= 15 is 0 Å². The fourth-order valence-electron chi connectivity index (χ4n) is 7.34. The molecule has 0 amide bonds. The van der Waals surface area contributed by atoms with E-state index in [-0.39, 0.29) is 94.9 Å². The van der Waals surface area contributed by atoms with Gasteiger partial charge in [-0.25, -0.2) is 0 Å². The molecule has 1 aliphatic heterocycles. The average Bonchev–Trinajstić information content (AvgIpc) is 4.35. The normalized spacial score (nSPS) is 10.6. The first kappa shape index (κ1) is 72.8. The molecule has 3 N–H and O–H groups in total. The largest absolute Gasteiger partial charge is 0.512 e. The number of aromatic nitrogens is 4. The second kappa shape index (κ2) is 40.1. The number of benzene rings is 6. The maximum absolute atomic E-state index is 10.0. The van der Waals surface area contributed by atoms with Gasteiger partial charge in [-0.1, -0.05) is 72.5 Å². The fourth-order valence-corrected chi connectivity index (χ4v) is 7.34. The van der Waals surface area contributed by atoms with Crippen molar-refractivity contribution in [2.75, 3.05) is 6.61 Å². The molecule has 0 unspecified atom stereocenters. The van der Waals surface area contributed by atoms with Crippen molar-refractivity contribution in [3.63, 3.8) is 0 Å². The van der Waals surface area contributed by atoms with Crippen LogP contribution in [0.15, 0.2) is 237 Å². The molecule has 0 atom stereocenters. The van der Waals surface area contributed by atoms with Crippen molar-refractivity contribution in [2.24, 2.45) is 0 Å². The molecule has 6 aromatic carbocycles. The summed E-state index contributed by atoms with van der Waals surface area (Å²) in [7, 11) is 0. The summed E-state index contributed by atoms with van der Waals surface area (Å²) < 4.78 is 24.5. The maximum Gasteiger partial charge on any atom is 0.213 e. The fraction of sp³-hybridized carbons (Fsp3) is 0.162. The zero-order valence-electron chi connectivity index (χ0n) is 47.9. The number of aliphatic hydroxyl groups excluding tert-OH is 3. The Labute approximate surface area is 537 Å². The van der Waals surface area contributed by atoms with Crippen molar-refractivity contribution in [1.82, 2.24) is 15.0 Å². The van der Waals surface area contributed by atoms with Crippen LogP contribution in [0.5, 0.6) is 5.75 Å². The number of carbonyl (C=O) groups is 3. The molecule has 0 fully saturated rings. The van der Waals surface area contributed by atoms with Crippen LogP contribution in [0.1, 0.15) is 66.9 Å². The summed E-state index contributed by atoms with van der Waals surface area (Å²) in [6, 6.07) is 62.5. The Balaban J connectivity index is 0.000000348. The molecule has 14 nitrogen and oxygen atoms in total. The minimum atomic E-state index is -0.125. The van der Waals surface area contributed by atoms with Crippen molar-refractivity contribution in [3.8, 4) is 62.7 Å². The van der Waals surface area contributed by atoms with Gasteiger partial charge in [-0.15, -0.1) is 91.0 Å². The van der Waals surface area contributed by atoms with Crippen LogP contribution in [-0.2, 0) is 81.2 Å². The van der Waals surface area contributed by atoms with Crippen LogP contribution in [0.3, 0.4) is 0 Å². The van der Waals surface area contributed by atoms with E-state index in [1.54, 1.807) is 18.7 Å². The molecule has 5 heterocycles. The van der Waals surface area contributed by atoms with Crippen LogP contribution in [-0.4, -0.2) is 54.2 Å². The van der Waals surface area contributed by atoms with E-state index < -0.39 is 0 Å². The number of nitrogens with zero attached hydrogens (tertiary/aromatic N) is 4. The molecule has 0 saturated carbocycles. The number of aliphatic hydroxyl groups is 3. The van der Waals surface area contributed by atoms with Crippen molar-refractivity contribution < 1.29 is 113 Å². The zero-order valence-corrected chi connectivity index (χ0v) is 55.1. The Morgan fingerprint density at radius 3 is 1.62 bits per heavy atom. The number of hydrogen-bond acceptors (Lipinski definition) is 13. The van der Waals surface area contributed by atoms with E-state index in [9.17, 15) is 14.4 Å². The minimum absolute atomic E-state index is 0. The third-order valence-electron chi connectivity index (χ3n) is 10.8. The van der Waals surface area contributed by atoms with Crippen LogP contribution in [0.25, 0.3) is 68.0 Å². The topological polar surface area (TPSA) is 203 Å². The molecule has 3 radical (unpaired) electrons. The number of ketones is 3. The van der Waals surface area contributed by atoms with Gasteiger partial charge in [0.05, 0.1) is 53.6 Å². The van der Waals surface area contributed by atoms with Gasteiger partial charge in [0, 0.05) is 102 Å². The Morgan fingerprint density at radius 1 is 0.600 bits per heavy atom. The number of ether oxygens (including phenoxy) is 1. The minimum Gasteiger partial charge on any atom is -0.512 e. The molecule has 85 heavy (non-hydrogen) atoms. The Bertz CT molecular complexity index is 3460. The maximum atomic E-state index is 10.0. The average molecular weight is 1680 g/mol. The van der Waals surface area contributed by atoms with Crippen LogP contribution in [0.4, 0.5) is 0 Å². The number of rotatable bonds is 11. The van der Waals surface area contributed by atoms with Crippen LogP contribution in [0, 0.1) is 18.2 Å². The number of oxazole rings is 3. The van der Waals surface area contributed by atoms with Gasteiger partial charge < -0.3 is 33.3 Å². The van der Waals surface area contributed by atoms with Crippen LogP contribution in [0.2, 0.25) is 0 Å². The van der Waals surface area contributed by atoms with Crippen LogP contribution >= 0.6 is 0 Å². The SMILES string of the molecule is CC(=O)C=C(C)O.CC(=O)C=C(C)O.CC(=O)C=C(C)O.CCCCOc1ccc2c(c1)-c1cccc[n+]1C2.[Ir].[Ir].[Ir].[c-]1ccccc1-c1nc2ccccc2o1.[c-]1ccccc1-c1ncc(-c2ccccc2)o1.[c-]1ccccc1-c1ncco1. The van der Waals surface area contributed by atoms with Crippen molar-refractivity contribution in [3.05, 3.63) is 248 Å². The quantitative estimate of drug-likeness (QED) is 0.0363. The van der Waals surface area contributed by atoms with E-state index in [0.717, 1.165) is 64.4 Å². The third-order valence-corrected chi connectivity index (χ3v) is 10.8. The van der Waals surface area contributed by atoms with Gasteiger partial charge in [-0.05, 0) is 84.4 Å². The number of carbonyl (C=O) groups excluding carboxylic acids is 3. The summed E-state index contributed by atoms with van der Waals surface area (Å²) >= 11 is 0. The van der Waals surface area contributed by atoms with E-state index in [4.69, 9.17) is 33.3 Å². The molecule has 0 aliphatic carbocycles. The predicted molar refractivity (Wildman–Crippen MR) is 318 cm³/mol. The van der Waals surface area contributed by atoms with Gasteiger partial charge >= 0.3 is 0 Å². The van der Waals surface area contributed by atoms with Gasteiger partial charge in [0.1, 0.15) is 34.8 Å². The standard InChI is InChI=1S/C16H18NO.C15H10NO.C13H8NO.C9H6NO.3C5H8O2.3Ir/c1-2-3-10-18-14-8-7-13-12-17-9-5-4-6-16(17)15(13)11-14;1-3-7-12(8-4-1)14-11-16-15(17-14)13-9-5-2-6-10-13;1-2-6-10(7-3-1)13-14-11-8-4-5-9-12(11)15-13;1-2-4-8(5-3-1)9-10-6-7-11-9;3*1-4(6)3-5(2)7;;;/h4-9,11H,2-3,10,12H2,1H3;1-9,11H;1-6,8-9H;1-4,6-7H;3*3,6H,1-2H3;;;/q+1;3*-1;;;;;;. The van der Waals surface area contributed by atoms with Crippen molar-refractivity contribution >= 4 is 28.4 Å². The van der Waals surface area contributed by atoms with Gasteiger partial charge in [0.2, 0.25) is 5.69 Å². The Hall–Kier alpha value is -8.26. The summed E-state index contributed by atoms with van der Waals surface area (Å²) in [5, 5.41) is 25.1. The molecule has 17 heteroatoms. The Morgan fingerprint density at radius 2 is 1.13 bits per heavy atom. The number of fused-ring (bicyclic) bond motifs is 4. The second-order valence-electron chi connectivity index (χ2n) is 18.0. The van der Waals surface area contributed by atoms with E-state index in [2.05, 4.69) is 87.2 Å². The molecule has 447 valence electrons. The predicted octanol–water partition coefficient (Wildman–Crippen LogP) is 15.5. The third kappa shape index (κ3) is 26.9. The molecule has 0 spiro atoms. The summed E-state index contributed by atoms with van der Waals surface area (Å²) in [6.07, 6.45) is 12.8.